The minimum absolute atomic E-state index is 0.533. The van der Waals surface area contributed by atoms with Crippen molar-refractivity contribution in [1.82, 2.24) is 4.90 Å². The summed E-state index contributed by atoms with van der Waals surface area (Å²) < 4.78 is 11.4. The van der Waals surface area contributed by atoms with E-state index in [1.807, 2.05) is 31.2 Å². The Morgan fingerprint density at radius 3 is 2.68 bits per heavy atom. The highest BCUT2D eigenvalue weighted by Gasteiger charge is 2.22. The van der Waals surface area contributed by atoms with Crippen LogP contribution < -0.4 is 15.2 Å². The van der Waals surface area contributed by atoms with Gasteiger partial charge in [-0.05, 0) is 38.4 Å². The molecule has 1 aliphatic heterocycles. The first-order chi connectivity index (χ1) is 9.35. The van der Waals surface area contributed by atoms with Crippen LogP contribution in [0.5, 0.6) is 11.5 Å². The van der Waals surface area contributed by atoms with E-state index >= 15 is 0 Å². The first-order valence-corrected chi connectivity index (χ1v) is 7.14. The summed E-state index contributed by atoms with van der Waals surface area (Å²) in [6.45, 7) is 6.13. The molecule has 4 nitrogen and oxygen atoms in total. The van der Waals surface area contributed by atoms with Gasteiger partial charge in [0.05, 0.1) is 6.61 Å². The van der Waals surface area contributed by atoms with Crippen molar-refractivity contribution in [3.8, 4) is 11.5 Å². The van der Waals surface area contributed by atoms with Crippen LogP contribution in [0.3, 0.4) is 0 Å². The molecular formula is C15H24N2O2. The summed E-state index contributed by atoms with van der Waals surface area (Å²) in [5.74, 6) is 1.65. The van der Waals surface area contributed by atoms with Crippen molar-refractivity contribution in [3.05, 3.63) is 24.3 Å². The Hall–Kier alpha value is -1.26. The van der Waals surface area contributed by atoms with Crippen molar-refractivity contribution in [1.29, 1.82) is 0 Å². The number of ether oxygens (including phenoxy) is 2. The zero-order valence-corrected chi connectivity index (χ0v) is 11.7. The Morgan fingerprint density at radius 2 is 2.00 bits per heavy atom. The van der Waals surface area contributed by atoms with Gasteiger partial charge in [0.15, 0.2) is 11.5 Å². The number of hydrogen-bond donors (Lipinski definition) is 1. The molecule has 2 N–H and O–H groups in total. The topological polar surface area (TPSA) is 47.7 Å². The van der Waals surface area contributed by atoms with Gasteiger partial charge in [0.2, 0.25) is 0 Å². The number of nitrogens with two attached hydrogens (primary N) is 1. The fraction of sp³-hybridized carbons (Fsp3) is 0.600. The third-order valence-corrected chi connectivity index (χ3v) is 3.56. The van der Waals surface area contributed by atoms with E-state index in [2.05, 4.69) is 4.90 Å². The maximum absolute atomic E-state index is 5.84. The Bertz CT molecular complexity index is 384. The molecule has 0 aliphatic carbocycles. The molecule has 0 spiro atoms. The van der Waals surface area contributed by atoms with E-state index < -0.39 is 0 Å². The van der Waals surface area contributed by atoms with Crippen LogP contribution in [0, 0.1) is 0 Å². The molecule has 1 aromatic rings. The van der Waals surface area contributed by atoms with E-state index in [0.717, 1.165) is 31.1 Å². The highest BCUT2D eigenvalue weighted by molar-refractivity contribution is 5.39. The van der Waals surface area contributed by atoms with Crippen molar-refractivity contribution in [3.63, 3.8) is 0 Å². The number of hydrogen-bond acceptors (Lipinski definition) is 4. The van der Waals surface area contributed by atoms with Gasteiger partial charge in [-0.2, -0.15) is 0 Å². The smallest absolute Gasteiger partial charge is 0.161 e. The van der Waals surface area contributed by atoms with Crippen LogP contribution in [0.4, 0.5) is 0 Å². The zero-order valence-electron chi connectivity index (χ0n) is 11.7. The Morgan fingerprint density at radius 1 is 1.26 bits per heavy atom. The first kappa shape index (κ1) is 14.2. The summed E-state index contributed by atoms with van der Waals surface area (Å²) in [6.07, 6.45) is 2.46. The van der Waals surface area contributed by atoms with Crippen molar-refractivity contribution < 1.29 is 9.47 Å². The number of likely N-dealkylation sites (tertiary alicyclic amines) is 1. The largest absolute Gasteiger partial charge is 0.490 e. The third-order valence-electron chi connectivity index (χ3n) is 3.56. The molecule has 106 valence electrons. The molecule has 1 unspecified atom stereocenters. The Labute approximate surface area is 115 Å². The Kier molecular flexibility index (Phi) is 5.48. The minimum atomic E-state index is 0.533. The monoisotopic (exact) mass is 264 g/mol. The maximum Gasteiger partial charge on any atom is 0.161 e. The molecule has 0 amide bonds. The van der Waals surface area contributed by atoms with Crippen LogP contribution in [0.15, 0.2) is 24.3 Å². The van der Waals surface area contributed by atoms with E-state index in [1.54, 1.807) is 0 Å². The number of para-hydroxylation sites is 2. The zero-order chi connectivity index (χ0) is 13.5. The van der Waals surface area contributed by atoms with Crippen LogP contribution in [0.2, 0.25) is 0 Å². The molecule has 2 rings (SSSR count). The normalized spacial score (nSPS) is 19.6. The van der Waals surface area contributed by atoms with Gasteiger partial charge in [0.25, 0.3) is 0 Å². The van der Waals surface area contributed by atoms with E-state index in [0.29, 0.717) is 19.3 Å². The number of benzene rings is 1. The van der Waals surface area contributed by atoms with Gasteiger partial charge in [0, 0.05) is 19.1 Å². The molecule has 1 saturated heterocycles. The summed E-state index contributed by atoms with van der Waals surface area (Å²) in [5.41, 5.74) is 5.77. The number of nitrogens with zero attached hydrogens (tertiary/aromatic N) is 1. The minimum Gasteiger partial charge on any atom is -0.490 e. The summed E-state index contributed by atoms with van der Waals surface area (Å²) in [6, 6.07) is 8.36. The van der Waals surface area contributed by atoms with Crippen LogP contribution in [0.1, 0.15) is 19.8 Å². The van der Waals surface area contributed by atoms with Gasteiger partial charge in [0.1, 0.15) is 6.61 Å². The average molecular weight is 264 g/mol. The van der Waals surface area contributed by atoms with Gasteiger partial charge >= 0.3 is 0 Å². The van der Waals surface area contributed by atoms with Gasteiger partial charge in [-0.1, -0.05) is 12.1 Å². The molecule has 0 radical (unpaired) electrons. The van der Waals surface area contributed by atoms with E-state index in [4.69, 9.17) is 15.2 Å². The van der Waals surface area contributed by atoms with Crippen LogP contribution in [-0.4, -0.2) is 43.8 Å². The van der Waals surface area contributed by atoms with E-state index in [-0.39, 0.29) is 0 Å². The van der Waals surface area contributed by atoms with E-state index in [9.17, 15) is 0 Å². The molecule has 19 heavy (non-hydrogen) atoms. The van der Waals surface area contributed by atoms with Crippen molar-refractivity contribution in [2.45, 2.75) is 25.8 Å². The molecule has 1 fully saturated rings. The quantitative estimate of drug-likeness (QED) is 0.817. The van der Waals surface area contributed by atoms with Crippen LogP contribution in [0.25, 0.3) is 0 Å². The van der Waals surface area contributed by atoms with Gasteiger partial charge in [-0.15, -0.1) is 0 Å². The average Bonchev–Trinajstić information content (AvgIpc) is 2.88. The Balaban J connectivity index is 1.82. The van der Waals surface area contributed by atoms with Crippen LogP contribution in [-0.2, 0) is 0 Å². The SMILES string of the molecule is CCOc1ccccc1OCCN1CCCC1CN. The highest BCUT2D eigenvalue weighted by atomic mass is 16.5. The third kappa shape index (κ3) is 3.85. The highest BCUT2D eigenvalue weighted by Crippen LogP contribution is 2.26. The second-order valence-electron chi connectivity index (χ2n) is 4.80. The summed E-state index contributed by atoms with van der Waals surface area (Å²) in [5, 5.41) is 0. The maximum atomic E-state index is 5.84. The molecule has 1 aromatic carbocycles. The van der Waals surface area contributed by atoms with Gasteiger partial charge in [-0.3, -0.25) is 4.90 Å². The molecule has 0 saturated carbocycles. The fourth-order valence-corrected chi connectivity index (χ4v) is 2.57. The van der Waals surface area contributed by atoms with Gasteiger partial charge < -0.3 is 15.2 Å². The van der Waals surface area contributed by atoms with Crippen molar-refractivity contribution in [2.75, 3.05) is 32.8 Å². The lowest BCUT2D eigenvalue weighted by molar-refractivity contribution is 0.194. The predicted molar refractivity (Wildman–Crippen MR) is 76.8 cm³/mol. The molecule has 0 aromatic heterocycles. The fourth-order valence-electron chi connectivity index (χ4n) is 2.57. The van der Waals surface area contributed by atoms with E-state index in [1.165, 1.54) is 12.8 Å². The van der Waals surface area contributed by atoms with Crippen LogP contribution >= 0.6 is 0 Å². The summed E-state index contributed by atoms with van der Waals surface area (Å²) >= 11 is 0. The molecule has 0 bridgehead atoms. The summed E-state index contributed by atoms with van der Waals surface area (Å²) in [7, 11) is 0. The second-order valence-corrected chi connectivity index (χ2v) is 4.80. The first-order valence-electron chi connectivity index (χ1n) is 7.14. The molecule has 4 heteroatoms. The number of rotatable bonds is 7. The lowest BCUT2D eigenvalue weighted by atomic mass is 10.2. The predicted octanol–water partition coefficient (Wildman–Crippen LogP) is 1.89. The van der Waals surface area contributed by atoms with Crippen molar-refractivity contribution in [2.24, 2.45) is 5.73 Å². The lowest BCUT2D eigenvalue weighted by Crippen LogP contribution is -2.37. The lowest BCUT2D eigenvalue weighted by Gasteiger charge is -2.23. The summed E-state index contributed by atoms with van der Waals surface area (Å²) in [4.78, 5) is 2.42. The second kappa shape index (κ2) is 7.36. The molecule has 1 aliphatic rings. The standard InChI is InChI=1S/C15H24N2O2/c1-2-18-14-7-3-4-8-15(14)19-11-10-17-9-5-6-13(17)12-16/h3-4,7-8,13H,2,5-6,9-12,16H2,1H3. The van der Waals surface area contributed by atoms with Gasteiger partial charge in [-0.25, -0.2) is 0 Å². The molecule has 1 heterocycles. The van der Waals surface area contributed by atoms with Crippen molar-refractivity contribution >= 4 is 0 Å². The molecule has 1 atom stereocenters. The molecular weight excluding hydrogens is 240 g/mol.